The van der Waals surface area contributed by atoms with Crippen LogP contribution in [0.3, 0.4) is 0 Å². The zero-order valence-electron chi connectivity index (χ0n) is 21.8. The van der Waals surface area contributed by atoms with Crippen molar-refractivity contribution in [3.8, 4) is 17.2 Å². The number of rotatable bonds is 5. The average molecular weight is 485 g/mol. The predicted molar refractivity (Wildman–Crippen MR) is 146 cm³/mol. The summed E-state index contributed by atoms with van der Waals surface area (Å²) in [4.78, 5) is 0. The molecule has 0 atom stereocenters. The molecule has 5 rings (SSSR count). The second-order valence-electron chi connectivity index (χ2n) is 11.1. The summed E-state index contributed by atoms with van der Waals surface area (Å²) in [6.07, 6.45) is 12.0. The van der Waals surface area contributed by atoms with Crippen molar-refractivity contribution in [1.82, 2.24) is 0 Å². The van der Waals surface area contributed by atoms with Gasteiger partial charge in [-0.15, -0.1) is 0 Å². The highest BCUT2D eigenvalue weighted by Crippen LogP contribution is 2.47. The topological polar surface area (TPSA) is 60.7 Å². The van der Waals surface area contributed by atoms with Gasteiger partial charge in [0.05, 0.1) is 0 Å². The van der Waals surface area contributed by atoms with E-state index in [1.807, 2.05) is 24.3 Å². The third kappa shape index (κ3) is 4.73. The fourth-order valence-corrected chi connectivity index (χ4v) is 7.09. The van der Waals surface area contributed by atoms with Gasteiger partial charge in [0.2, 0.25) is 0 Å². The van der Waals surface area contributed by atoms with E-state index in [1.165, 1.54) is 60.8 Å². The van der Waals surface area contributed by atoms with Crippen LogP contribution in [0.2, 0.25) is 0 Å². The molecule has 3 aromatic carbocycles. The van der Waals surface area contributed by atoms with E-state index in [0.29, 0.717) is 23.3 Å². The summed E-state index contributed by atoms with van der Waals surface area (Å²) in [5, 5.41) is 32.0. The lowest BCUT2D eigenvalue weighted by atomic mass is 9.74. The zero-order chi connectivity index (χ0) is 25.2. The highest BCUT2D eigenvalue weighted by atomic mass is 16.3. The second kappa shape index (κ2) is 10.6. The first-order valence-electron chi connectivity index (χ1n) is 13.9. The number of aromatic hydroxyl groups is 3. The first-order valence-corrected chi connectivity index (χ1v) is 13.9. The maximum atomic E-state index is 11.0. The van der Waals surface area contributed by atoms with Crippen molar-refractivity contribution in [2.75, 3.05) is 0 Å². The highest BCUT2D eigenvalue weighted by Gasteiger charge is 2.29. The molecule has 2 fully saturated rings. The molecule has 2 saturated carbocycles. The van der Waals surface area contributed by atoms with E-state index < -0.39 is 0 Å². The molecular formula is C33H40O3. The molecule has 36 heavy (non-hydrogen) atoms. The SMILES string of the molecule is Cc1c(C(c2ccc(O)cc2)c2ccc(O)c(C3CCCCC3)c2C)ccc(O)c1C1CCCCC1. The third-order valence-electron chi connectivity index (χ3n) is 8.94. The van der Waals surface area contributed by atoms with Crippen LogP contribution in [0.4, 0.5) is 0 Å². The summed E-state index contributed by atoms with van der Waals surface area (Å²) in [6.45, 7) is 4.34. The Labute approximate surface area is 215 Å². The lowest BCUT2D eigenvalue weighted by Crippen LogP contribution is -2.14. The standard InChI is InChI=1S/C33H40O3/c1-21-27(17-19-29(35)31(21)23-9-5-3-6-10-23)33(25-13-15-26(34)16-14-25)28-18-20-30(36)32(22(28)2)24-11-7-4-8-12-24/h13-20,23-24,33-36H,3-12H2,1-2H3. The lowest BCUT2D eigenvalue weighted by molar-refractivity contribution is 0.412. The summed E-state index contributed by atoms with van der Waals surface area (Å²) in [5.74, 6) is 1.84. The molecule has 3 nitrogen and oxygen atoms in total. The van der Waals surface area contributed by atoms with Crippen LogP contribution in [0.15, 0.2) is 48.5 Å². The van der Waals surface area contributed by atoms with E-state index in [2.05, 4.69) is 26.0 Å². The lowest BCUT2D eigenvalue weighted by Gasteiger charge is -2.30. The Kier molecular flexibility index (Phi) is 7.27. The molecule has 3 N–H and O–H groups in total. The summed E-state index contributed by atoms with van der Waals surface area (Å²) < 4.78 is 0. The van der Waals surface area contributed by atoms with Gasteiger partial charge in [-0.05, 0) is 103 Å². The van der Waals surface area contributed by atoms with Crippen molar-refractivity contribution >= 4 is 0 Å². The van der Waals surface area contributed by atoms with E-state index in [9.17, 15) is 15.3 Å². The Hall–Kier alpha value is -2.94. The summed E-state index contributed by atoms with van der Waals surface area (Å²) >= 11 is 0. The van der Waals surface area contributed by atoms with Crippen molar-refractivity contribution in [2.24, 2.45) is 0 Å². The van der Waals surface area contributed by atoms with Gasteiger partial charge in [0.15, 0.2) is 0 Å². The van der Waals surface area contributed by atoms with Crippen molar-refractivity contribution in [3.05, 3.63) is 87.5 Å². The van der Waals surface area contributed by atoms with E-state index in [1.54, 1.807) is 12.1 Å². The number of hydrogen-bond donors (Lipinski definition) is 3. The summed E-state index contributed by atoms with van der Waals surface area (Å²) in [5.41, 5.74) is 8.07. The second-order valence-corrected chi connectivity index (χ2v) is 11.1. The van der Waals surface area contributed by atoms with Gasteiger partial charge in [0.1, 0.15) is 17.2 Å². The Morgan fingerprint density at radius 3 is 1.39 bits per heavy atom. The van der Waals surface area contributed by atoms with Crippen LogP contribution in [-0.4, -0.2) is 15.3 Å². The molecule has 0 bridgehead atoms. The summed E-state index contributed by atoms with van der Waals surface area (Å²) in [6, 6.07) is 15.5. The van der Waals surface area contributed by atoms with E-state index in [-0.39, 0.29) is 11.7 Å². The van der Waals surface area contributed by atoms with Gasteiger partial charge in [-0.3, -0.25) is 0 Å². The molecule has 0 heterocycles. The molecule has 0 unspecified atom stereocenters. The van der Waals surface area contributed by atoms with Gasteiger partial charge in [-0.25, -0.2) is 0 Å². The fraction of sp³-hybridized carbons (Fsp3) is 0.455. The van der Waals surface area contributed by atoms with Crippen molar-refractivity contribution < 1.29 is 15.3 Å². The van der Waals surface area contributed by atoms with Gasteiger partial charge >= 0.3 is 0 Å². The fourth-order valence-electron chi connectivity index (χ4n) is 7.09. The molecule has 0 aliphatic heterocycles. The van der Waals surface area contributed by atoms with Crippen LogP contribution >= 0.6 is 0 Å². The molecule has 190 valence electrons. The van der Waals surface area contributed by atoms with Gasteiger partial charge in [0, 0.05) is 17.0 Å². The smallest absolute Gasteiger partial charge is 0.119 e. The van der Waals surface area contributed by atoms with Crippen LogP contribution in [0.25, 0.3) is 0 Å². The van der Waals surface area contributed by atoms with Crippen LogP contribution in [0, 0.1) is 13.8 Å². The highest BCUT2D eigenvalue weighted by molar-refractivity contribution is 5.57. The number of phenols is 3. The minimum atomic E-state index is -0.0449. The molecule has 0 aromatic heterocycles. The van der Waals surface area contributed by atoms with E-state index in [4.69, 9.17) is 0 Å². The molecular weight excluding hydrogens is 444 g/mol. The minimum absolute atomic E-state index is 0.0449. The third-order valence-corrected chi connectivity index (χ3v) is 8.94. The normalized spacial score (nSPS) is 17.5. The maximum absolute atomic E-state index is 11.0. The van der Waals surface area contributed by atoms with E-state index in [0.717, 1.165) is 42.4 Å². The van der Waals surface area contributed by atoms with Crippen LogP contribution in [0.5, 0.6) is 17.2 Å². The van der Waals surface area contributed by atoms with Crippen molar-refractivity contribution in [1.29, 1.82) is 0 Å². The minimum Gasteiger partial charge on any atom is -0.508 e. The summed E-state index contributed by atoms with van der Waals surface area (Å²) in [7, 11) is 0. The molecule has 0 saturated heterocycles. The van der Waals surface area contributed by atoms with Crippen LogP contribution < -0.4 is 0 Å². The molecule has 3 aromatic rings. The quantitative estimate of drug-likeness (QED) is 0.317. The van der Waals surface area contributed by atoms with Crippen LogP contribution in [-0.2, 0) is 0 Å². The Balaban J connectivity index is 1.68. The Morgan fingerprint density at radius 1 is 0.556 bits per heavy atom. The van der Waals surface area contributed by atoms with Crippen molar-refractivity contribution in [2.45, 2.75) is 95.8 Å². The average Bonchev–Trinajstić information content (AvgIpc) is 2.89. The zero-order valence-corrected chi connectivity index (χ0v) is 21.8. The molecule has 0 spiro atoms. The van der Waals surface area contributed by atoms with Gasteiger partial charge in [-0.2, -0.15) is 0 Å². The molecule has 3 heteroatoms. The number of benzene rings is 3. The largest absolute Gasteiger partial charge is 0.508 e. The maximum Gasteiger partial charge on any atom is 0.119 e. The monoisotopic (exact) mass is 484 g/mol. The number of phenolic OH excluding ortho intramolecular Hbond substituents is 3. The Bertz CT molecular complexity index is 1130. The Morgan fingerprint density at radius 2 is 0.972 bits per heavy atom. The van der Waals surface area contributed by atoms with Gasteiger partial charge in [0.25, 0.3) is 0 Å². The first kappa shape index (κ1) is 24.7. The molecule has 2 aliphatic carbocycles. The first-order chi connectivity index (χ1) is 17.5. The van der Waals surface area contributed by atoms with Gasteiger partial charge in [-0.1, -0.05) is 62.8 Å². The van der Waals surface area contributed by atoms with Crippen LogP contribution in [0.1, 0.15) is 121 Å². The molecule has 0 amide bonds. The molecule has 2 aliphatic rings. The molecule has 0 radical (unpaired) electrons. The predicted octanol–water partition coefficient (Wildman–Crippen LogP) is 8.70. The van der Waals surface area contributed by atoms with Crippen molar-refractivity contribution in [3.63, 3.8) is 0 Å². The number of hydrogen-bond acceptors (Lipinski definition) is 3. The van der Waals surface area contributed by atoms with Gasteiger partial charge < -0.3 is 15.3 Å². The van der Waals surface area contributed by atoms with E-state index >= 15 is 0 Å².